The highest BCUT2D eigenvalue weighted by molar-refractivity contribution is 7.86. The molecule has 28 heavy (non-hydrogen) atoms. The van der Waals surface area contributed by atoms with Gasteiger partial charge in [0.25, 0.3) is 15.8 Å². The number of nitrogens with zero attached hydrogens (tertiary/aromatic N) is 5. The van der Waals surface area contributed by atoms with Crippen molar-refractivity contribution in [3.63, 3.8) is 0 Å². The van der Waals surface area contributed by atoms with Crippen LogP contribution in [0.2, 0.25) is 0 Å². The van der Waals surface area contributed by atoms with Gasteiger partial charge in [-0.15, -0.1) is 0 Å². The van der Waals surface area contributed by atoms with Gasteiger partial charge >= 0.3 is 5.69 Å². The Labute approximate surface area is 166 Å². The van der Waals surface area contributed by atoms with Gasteiger partial charge in [0.1, 0.15) is 0 Å². The minimum absolute atomic E-state index is 0.104. The van der Waals surface area contributed by atoms with Crippen LogP contribution in [0.25, 0.3) is 0 Å². The Morgan fingerprint density at radius 1 is 1.00 bits per heavy atom. The molecule has 0 radical (unpaired) electrons. The Hall–Kier alpha value is -1.49. The average molecular weight is 414 g/mol. The van der Waals surface area contributed by atoms with E-state index in [0.29, 0.717) is 38.4 Å². The molecule has 1 aliphatic heterocycles. The fourth-order valence-electron chi connectivity index (χ4n) is 4.09. The maximum atomic E-state index is 13.0. The first-order valence-electron chi connectivity index (χ1n) is 9.93. The van der Waals surface area contributed by atoms with Gasteiger partial charge in [0.15, 0.2) is 0 Å². The first-order valence-corrected chi connectivity index (χ1v) is 11.3. The molecule has 3 rings (SSSR count). The van der Waals surface area contributed by atoms with Crippen LogP contribution >= 0.6 is 0 Å². The fraction of sp³-hybridized carbons (Fsp3) is 0.778. The van der Waals surface area contributed by atoms with E-state index >= 15 is 0 Å². The molecule has 2 fully saturated rings. The highest BCUT2D eigenvalue weighted by Crippen LogP contribution is 2.25. The normalized spacial score (nSPS) is 20.7. The summed E-state index contributed by atoms with van der Waals surface area (Å²) in [6, 6.07) is 1.58. The van der Waals surface area contributed by atoms with E-state index in [1.165, 1.54) is 24.1 Å². The van der Waals surface area contributed by atoms with Crippen molar-refractivity contribution in [3.05, 3.63) is 32.6 Å². The van der Waals surface area contributed by atoms with Crippen LogP contribution in [0.5, 0.6) is 0 Å². The molecule has 0 atom stereocenters. The van der Waals surface area contributed by atoms with Gasteiger partial charge in [-0.1, -0.05) is 19.3 Å². The molecule has 10 heteroatoms. The third-order valence-electron chi connectivity index (χ3n) is 6.12. The van der Waals surface area contributed by atoms with Crippen molar-refractivity contribution >= 4 is 10.2 Å². The maximum Gasteiger partial charge on any atom is 0.330 e. The summed E-state index contributed by atoms with van der Waals surface area (Å²) in [7, 11) is 1.36. The lowest BCUT2D eigenvalue weighted by Gasteiger charge is -2.38. The van der Waals surface area contributed by atoms with Crippen molar-refractivity contribution in [1.29, 1.82) is 0 Å². The Morgan fingerprint density at radius 3 is 2.21 bits per heavy atom. The summed E-state index contributed by atoms with van der Waals surface area (Å²) in [5, 5.41) is 0. The summed E-state index contributed by atoms with van der Waals surface area (Å²) in [5.41, 5.74) is -0.0324. The molecular formula is C18H31N5O4S. The predicted molar refractivity (Wildman–Crippen MR) is 107 cm³/mol. The quantitative estimate of drug-likeness (QED) is 0.662. The van der Waals surface area contributed by atoms with E-state index in [0.717, 1.165) is 30.3 Å². The second kappa shape index (κ2) is 8.48. The van der Waals surface area contributed by atoms with Crippen molar-refractivity contribution in [2.45, 2.75) is 44.7 Å². The molecule has 0 N–H and O–H groups in total. The standard InChI is InChI=1S/C18H31N5O4S/c1-19-16(13-17(24)20(2)18(19)25)14-22-9-11-23(12-10-22)28(26,27)21(3)15-7-5-4-6-8-15/h13,15H,4-12,14H2,1-3H3. The van der Waals surface area contributed by atoms with E-state index < -0.39 is 10.2 Å². The Balaban J connectivity index is 1.63. The molecule has 9 nitrogen and oxygen atoms in total. The smallest absolute Gasteiger partial charge is 0.299 e. The summed E-state index contributed by atoms with van der Waals surface area (Å²) in [5.74, 6) is 0. The molecule has 0 amide bonds. The number of rotatable bonds is 5. The highest BCUT2D eigenvalue weighted by Gasteiger charge is 2.34. The lowest BCUT2D eigenvalue weighted by atomic mass is 9.96. The molecule has 2 aliphatic rings. The Morgan fingerprint density at radius 2 is 1.61 bits per heavy atom. The van der Waals surface area contributed by atoms with E-state index in [-0.39, 0.29) is 17.3 Å². The van der Waals surface area contributed by atoms with E-state index in [2.05, 4.69) is 4.90 Å². The molecule has 1 aliphatic carbocycles. The first-order chi connectivity index (χ1) is 13.2. The summed E-state index contributed by atoms with van der Waals surface area (Å²) in [6.07, 6.45) is 5.24. The van der Waals surface area contributed by atoms with E-state index in [4.69, 9.17) is 0 Å². The van der Waals surface area contributed by atoms with Crippen LogP contribution in [0, 0.1) is 0 Å². The van der Waals surface area contributed by atoms with Gasteiger partial charge in [-0.05, 0) is 12.8 Å². The predicted octanol–water partition coefficient (Wildman–Crippen LogP) is -0.289. The zero-order valence-electron chi connectivity index (χ0n) is 17.0. The molecule has 0 unspecified atom stereocenters. The summed E-state index contributed by atoms with van der Waals surface area (Å²) in [4.78, 5) is 26.1. The Kier molecular flexibility index (Phi) is 6.43. The lowest BCUT2D eigenvalue weighted by molar-refractivity contribution is 0.167. The molecule has 1 aromatic rings. The maximum absolute atomic E-state index is 13.0. The number of aromatic nitrogens is 2. The van der Waals surface area contributed by atoms with E-state index in [9.17, 15) is 18.0 Å². The van der Waals surface area contributed by atoms with Gasteiger partial charge in [0.05, 0.1) is 0 Å². The fourth-order valence-corrected chi connectivity index (χ4v) is 5.67. The second-order valence-corrected chi connectivity index (χ2v) is 9.85. The summed E-state index contributed by atoms with van der Waals surface area (Å²) in [6.45, 7) is 2.42. The average Bonchev–Trinajstić information content (AvgIpc) is 2.71. The number of piperazine rings is 1. The lowest BCUT2D eigenvalue weighted by Crippen LogP contribution is -2.54. The van der Waals surface area contributed by atoms with Crippen molar-refractivity contribution in [2.75, 3.05) is 33.2 Å². The van der Waals surface area contributed by atoms with Crippen molar-refractivity contribution < 1.29 is 8.42 Å². The molecule has 1 saturated heterocycles. The summed E-state index contributed by atoms with van der Waals surface area (Å²) < 4.78 is 31.6. The van der Waals surface area contributed by atoms with Gasteiger partial charge in [-0.25, -0.2) is 4.79 Å². The van der Waals surface area contributed by atoms with Gasteiger partial charge in [0.2, 0.25) is 0 Å². The van der Waals surface area contributed by atoms with Gasteiger partial charge < -0.3 is 0 Å². The largest absolute Gasteiger partial charge is 0.330 e. The third kappa shape index (κ3) is 4.24. The topological polar surface area (TPSA) is 87.9 Å². The zero-order chi connectivity index (χ0) is 20.5. The molecule has 2 heterocycles. The third-order valence-corrected chi connectivity index (χ3v) is 8.17. The van der Waals surface area contributed by atoms with Crippen LogP contribution in [-0.4, -0.2) is 70.3 Å². The minimum Gasteiger partial charge on any atom is -0.299 e. The van der Waals surface area contributed by atoms with Crippen molar-refractivity contribution in [2.24, 2.45) is 14.1 Å². The molecule has 1 aromatic heterocycles. The molecule has 1 saturated carbocycles. The van der Waals surface area contributed by atoms with Gasteiger partial charge in [0, 0.05) is 71.7 Å². The van der Waals surface area contributed by atoms with Crippen LogP contribution in [0.1, 0.15) is 37.8 Å². The van der Waals surface area contributed by atoms with Crippen molar-refractivity contribution in [3.8, 4) is 0 Å². The molecule has 158 valence electrons. The van der Waals surface area contributed by atoms with Gasteiger partial charge in [-0.2, -0.15) is 17.0 Å². The van der Waals surface area contributed by atoms with Crippen LogP contribution < -0.4 is 11.2 Å². The van der Waals surface area contributed by atoms with E-state index in [1.54, 1.807) is 22.7 Å². The SMILES string of the molecule is CN(C1CCCCC1)S(=O)(=O)N1CCN(Cc2cc(=O)n(C)c(=O)n2C)CC1. The number of hydrogen-bond donors (Lipinski definition) is 0. The van der Waals surface area contributed by atoms with Crippen LogP contribution in [0.4, 0.5) is 0 Å². The van der Waals surface area contributed by atoms with Crippen LogP contribution in [0.15, 0.2) is 15.7 Å². The van der Waals surface area contributed by atoms with Crippen LogP contribution in [0.3, 0.4) is 0 Å². The summed E-state index contributed by atoms with van der Waals surface area (Å²) >= 11 is 0. The van der Waals surface area contributed by atoms with Crippen molar-refractivity contribution in [1.82, 2.24) is 22.6 Å². The van der Waals surface area contributed by atoms with Gasteiger partial charge in [-0.3, -0.25) is 18.8 Å². The van der Waals surface area contributed by atoms with E-state index in [1.807, 2.05) is 0 Å². The first kappa shape index (κ1) is 21.2. The molecule has 0 aromatic carbocycles. The monoisotopic (exact) mass is 413 g/mol. The minimum atomic E-state index is -3.45. The molecular weight excluding hydrogens is 382 g/mol. The molecule has 0 bridgehead atoms. The number of hydrogen-bond acceptors (Lipinski definition) is 5. The van der Waals surface area contributed by atoms with Crippen LogP contribution in [-0.2, 0) is 30.8 Å². The second-order valence-electron chi connectivity index (χ2n) is 7.87. The highest BCUT2D eigenvalue weighted by atomic mass is 32.2. The molecule has 0 spiro atoms. The zero-order valence-corrected chi connectivity index (χ0v) is 17.8. The Bertz CT molecular complexity index is 909.